The lowest BCUT2D eigenvalue weighted by molar-refractivity contribution is 0.660. The summed E-state index contributed by atoms with van der Waals surface area (Å²) in [7, 11) is 0. The Morgan fingerprint density at radius 2 is 0.773 bits per heavy atom. The van der Waals surface area contributed by atoms with Crippen LogP contribution in [0.25, 0.3) is 44.5 Å². The predicted molar refractivity (Wildman–Crippen MR) is 275 cm³/mol. The zero-order valence-electron chi connectivity index (χ0n) is 37.0. The van der Waals surface area contributed by atoms with Crippen molar-refractivity contribution >= 4 is 34.1 Å². The van der Waals surface area contributed by atoms with Gasteiger partial charge in [-0.05, 0) is 139 Å². The van der Waals surface area contributed by atoms with Crippen molar-refractivity contribution in [1.29, 1.82) is 0 Å². The van der Waals surface area contributed by atoms with E-state index >= 15 is 0 Å². The topological polar surface area (TPSA) is 6.48 Å². The highest BCUT2D eigenvalue weighted by Crippen LogP contribution is 2.64. The normalized spacial score (nSPS) is 14.1. The molecule has 10 aromatic carbocycles. The Balaban J connectivity index is 0.961. The van der Waals surface area contributed by atoms with Crippen LogP contribution in [0.1, 0.15) is 47.2 Å². The molecule has 0 radical (unpaired) electrons. The third-order valence-corrected chi connectivity index (χ3v) is 14.7. The lowest BCUT2D eigenvalue weighted by Crippen LogP contribution is -2.36. The molecule has 1 aliphatic heterocycles. The molecular weight excluding hydrogens is 797 g/mol. The fraction of sp³-hybridized carbons (Fsp3) is 0.0625. The van der Waals surface area contributed by atoms with Gasteiger partial charge in [0.25, 0.3) is 0 Å². The van der Waals surface area contributed by atoms with Crippen LogP contribution < -0.4 is 9.80 Å². The van der Waals surface area contributed by atoms with E-state index in [1.54, 1.807) is 0 Å². The first-order valence-electron chi connectivity index (χ1n) is 23.1. The number of fused-ring (bicyclic) bond motifs is 12. The maximum absolute atomic E-state index is 2.50. The second-order valence-electron chi connectivity index (χ2n) is 18.4. The zero-order chi connectivity index (χ0) is 44.0. The highest BCUT2D eigenvalue weighted by atomic mass is 15.2. The van der Waals surface area contributed by atoms with E-state index in [9.17, 15) is 0 Å². The van der Waals surface area contributed by atoms with Crippen molar-refractivity contribution in [1.82, 2.24) is 0 Å². The number of rotatable bonds is 6. The summed E-state index contributed by atoms with van der Waals surface area (Å²) in [5.74, 6) is 0. The summed E-state index contributed by atoms with van der Waals surface area (Å²) in [6.07, 6.45) is 0. The summed E-state index contributed by atoms with van der Waals surface area (Å²) in [6.45, 7) is 4.71. The molecule has 1 heterocycles. The fourth-order valence-electron chi connectivity index (χ4n) is 11.7. The molecule has 2 heteroatoms. The Morgan fingerprint density at radius 3 is 1.45 bits per heavy atom. The minimum absolute atomic E-state index is 0.0536. The average molecular weight is 843 g/mol. The fourth-order valence-corrected chi connectivity index (χ4v) is 11.7. The Kier molecular flexibility index (Phi) is 8.51. The maximum atomic E-state index is 2.50. The summed E-state index contributed by atoms with van der Waals surface area (Å²) in [6, 6.07) is 90.0. The van der Waals surface area contributed by atoms with Crippen LogP contribution in [0, 0.1) is 0 Å². The van der Waals surface area contributed by atoms with E-state index in [-0.39, 0.29) is 5.41 Å². The lowest BCUT2D eigenvalue weighted by atomic mass is 9.64. The van der Waals surface area contributed by atoms with E-state index in [0.29, 0.717) is 0 Å². The van der Waals surface area contributed by atoms with Gasteiger partial charge in [0, 0.05) is 28.0 Å². The third-order valence-electron chi connectivity index (χ3n) is 14.7. The van der Waals surface area contributed by atoms with E-state index < -0.39 is 5.41 Å². The molecule has 0 N–H and O–H groups in total. The van der Waals surface area contributed by atoms with Crippen LogP contribution in [0.4, 0.5) is 34.1 Å². The van der Waals surface area contributed by atoms with Crippen LogP contribution in [-0.4, -0.2) is 0 Å². The highest BCUT2D eigenvalue weighted by molar-refractivity contribution is 5.98. The van der Waals surface area contributed by atoms with Crippen LogP contribution in [-0.2, 0) is 10.8 Å². The molecule has 66 heavy (non-hydrogen) atoms. The molecule has 2 aliphatic carbocycles. The molecule has 3 aliphatic rings. The van der Waals surface area contributed by atoms with Crippen molar-refractivity contribution in [3.05, 3.63) is 276 Å². The molecule has 1 spiro atoms. The van der Waals surface area contributed by atoms with E-state index in [4.69, 9.17) is 0 Å². The van der Waals surface area contributed by atoms with Gasteiger partial charge in [-0.3, -0.25) is 0 Å². The monoisotopic (exact) mass is 842 g/mol. The van der Waals surface area contributed by atoms with Crippen LogP contribution in [0.5, 0.6) is 0 Å². The summed E-state index contributed by atoms with van der Waals surface area (Å²) in [5, 5.41) is 0. The number of hydrogen-bond donors (Lipinski definition) is 0. The SMILES string of the molecule is CC1(C)c2ccccc2-c2ccc(-c3ccc(N(c4ccccc4)c4ccccc4-c4ccc5c(c4)C4(c6ccccc6-5)c5ccccc5N(c5ccccc5)c5ccccc54)cc3)cc21. The maximum Gasteiger partial charge on any atom is 0.0754 e. The summed E-state index contributed by atoms with van der Waals surface area (Å²) >= 11 is 0. The van der Waals surface area contributed by atoms with Gasteiger partial charge in [-0.2, -0.15) is 0 Å². The number of anilines is 6. The van der Waals surface area contributed by atoms with Gasteiger partial charge in [0.15, 0.2) is 0 Å². The summed E-state index contributed by atoms with van der Waals surface area (Å²) < 4.78 is 0. The van der Waals surface area contributed by atoms with Crippen LogP contribution >= 0.6 is 0 Å². The Morgan fingerprint density at radius 1 is 0.318 bits per heavy atom. The molecule has 0 bridgehead atoms. The van der Waals surface area contributed by atoms with Gasteiger partial charge in [-0.15, -0.1) is 0 Å². The highest BCUT2D eigenvalue weighted by Gasteiger charge is 2.51. The smallest absolute Gasteiger partial charge is 0.0754 e. The van der Waals surface area contributed by atoms with Crippen LogP contribution in [0.3, 0.4) is 0 Å². The molecule has 13 rings (SSSR count). The summed E-state index contributed by atoms with van der Waals surface area (Å²) in [5.41, 5.74) is 24.3. The first-order valence-corrected chi connectivity index (χ1v) is 23.1. The molecule has 0 amide bonds. The Bertz CT molecular complexity index is 3460. The van der Waals surface area contributed by atoms with Gasteiger partial charge >= 0.3 is 0 Å². The second-order valence-corrected chi connectivity index (χ2v) is 18.4. The third kappa shape index (κ3) is 5.48. The molecule has 0 saturated heterocycles. The largest absolute Gasteiger partial charge is 0.310 e. The van der Waals surface area contributed by atoms with Gasteiger partial charge in [0.1, 0.15) is 0 Å². The second kappa shape index (κ2) is 14.7. The minimum Gasteiger partial charge on any atom is -0.310 e. The molecule has 0 unspecified atom stereocenters. The van der Waals surface area contributed by atoms with Crippen molar-refractivity contribution < 1.29 is 0 Å². The van der Waals surface area contributed by atoms with Crippen LogP contribution in [0.2, 0.25) is 0 Å². The first kappa shape index (κ1) is 38.3. The Labute approximate surface area is 387 Å². The zero-order valence-corrected chi connectivity index (χ0v) is 37.0. The van der Waals surface area contributed by atoms with Crippen molar-refractivity contribution in [2.75, 3.05) is 9.80 Å². The van der Waals surface area contributed by atoms with Gasteiger partial charge in [-0.25, -0.2) is 0 Å². The van der Waals surface area contributed by atoms with Crippen molar-refractivity contribution in [2.45, 2.75) is 24.7 Å². The van der Waals surface area contributed by atoms with Gasteiger partial charge in [-0.1, -0.05) is 190 Å². The van der Waals surface area contributed by atoms with Crippen molar-refractivity contribution in [3.8, 4) is 44.5 Å². The lowest BCUT2D eigenvalue weighted by Gasteiger charge is -2.45. The molecule has 10 aromatic rings. The molecule has 0 saturated carbocycles. The van der Waals surface area contributed by atoms with E-state index in [2.05, 4.69) is 266 Å². The van der Waals surface area contributed by atoms with Gasteiger partial charge < -0.3 is 9.80 Å². The van der Waals surface area contributed by atoms with E-state index in [1.807, 2.05) is 0 Å². The number of hydrogen-bond acceptors (Lipinski definition) is 2. The predicted octanol–water partition coefficient (Wildman–Crippen LogP) is 16.9. The molecular formula is C64H46N2. The van der Waals surface area contributed by atoms with Crippen LogP contribution in [0.15, 0.2) is 243 Å². The number of benzene rings is 10. The van der Waals surface area contributed by atoms with E-state index in [1.165, 1.54) is 89.3 Å². The number of nitrogens with zero attached hydrogens (tertiary/aromatic N) is 2. The standard InChI is InChI=1S/C64H46N2/c1-63(2)54-26-12-9-24-50(54)52-39-35-44(41-58(52)63)43-33-37-48(38-34-43)65(46-19-5-3-6-20-46)60-30-16-11-23-49(60)45-36-40-53-51-25-10-13-27-55(51)64(59(53)42-45)56-28-14-17-31-61(56)66(47-21-7-4-8-22-47)62-32-18-15-29-57(62)64/h3-42H,1-2H3. The molecule has 0 aromatic heterocycles. The summed E-state index contributed by atoms with van der Waals surface area (Å²) in [4.78, 5) is 4.87. The average Bonchev–Trinajstić information content (AvgIpc) is 3.80. The molecule has 0 fully saturated rings. The quantitative estimate of drug-likeness (QED) is 0.165. The number of para-hydroxylation sites is 5. The van der Waals surface area contributed by atoms with Crippen molar-refractivity contribution in [2.24, 2.45) is 0 Å². The Hall–Kier alpha value is -8.20. The van der Waals surface area contributed by atoms with Gasteiger partial charge in [0.2, 0.25) is 0 Å². The first-order chi connectivity index (χ1) is 32.5. The molecule has 2 nitrogen and oxygen atoms in total. The minimum atomic E-state index is -0.542. The van der Waals surface area contributed by atoms with E-state index in [0.717, 1.165) is 22.7 Å². The van der Waals surface area contributed by atoms with Gasteiger partial charge in [0.05, 0.1) is 22.5 Å². The molecule has 0 atom stereocenters. The van der Waals surface area contributed by atoms with Crippen molar-refractivity contribution in [3.63, 3.8) is 0 Å². The molecule has 312 valence electrons.